The maximum absolute atomic E-state index is 5.89. The van der Waals surface area contributed by atoms with Crippen LogP contribution in [0.5, 0.6) is 0 Å². The summed E-state index contributed by atoms with van der Waals surface area (Å²) in [6.45, 7) is 3.04. The summed E-state index contributed by atoms with van der Waals surface area (Å²) in [5.74, 6) is 0. The van der Waals surface area contributed by atoms with Crippen LogP contribution in [0.25, 0.3) is 0 Å². The number of hydrogen-bond donors (Lipinski definition) is 1. The molecule has 1 unspecified atom stereocenters. The Labute approximate surface area is 80.0 Å². The molecule has 0 saturated carbocycles. The number of nitrogens with two attached hydrogens (primary N) is 1. The summed E-state index contributed by atoms with van der Waals surface area (Å²) in [4.78, 5) is 0. The maximum atomic E-state index is 5.89. The van der Waals surface area contributed by atoms with Gasteiger partial charge in [0.15, 0.2) is 0 Å². The third-order valence-corrected chi connectivity index (χ3v) is 3.53. The number of fused-ring (bicyclic) bond motifs is 1. The zero-order chi connectivity index (χ0) is 9.31. The highest BCUT2D eigenvalue weighted by molar-refractivity contribution is 5.39. The first-order valence-corrected chi connectivity index (χ1v) is 5.11. The highest BCUT2D eigenvalue weighted by atomic mass is 14.6. The zero-order valence-corrected chi connectivity index (χ0v) is 8.22. The SMILES string of the molecule is CCC1(CN)CCc2ccccc21. The standard InChI is InChI=1S/C12H17N/c1-2-12(9-13)8-7-10-5-3-4-6-11(10)12/h3-6H,2,7-9,13H2,1H3. The van der Waals surface area contributed by atoms with E-state index in [0.29, 0.717) is 0 Å². The van der Waals surface area contributed by atoms with E-state index in [-0.39, 0.29) is 5.41 Å². The Bertz CT molecular complexity index is 300. The molecule has 1 aliphatic carbocycles. The monoisotopic (exact) mass is 175 g/mol. The predicted molar refractivity (Wildman–Crippen MR) is 55.8 cm³/mol. The van der Waals surface area contributed by atoms with Crippen LogP contribution in [0.3, 0.4) is 0 Å². The van der Waals surface area contributed by atoms with E-state index in [4.69, 9.17) is 5.73 Å². The molecule has 0 spiro atoms. The fraction of sp³-hybridized carbons (Fsp3) is 0.500. The smallest absolute Gasteiger partial charge is 0.00788 e. The Balaban J connectivity index is 2.47. The van der Waals surface area contributed by atoms with E-state index in [2.05, 4.69) is 31.2 Å². The van der Waals surface area contributed by atoms with Crippen LogP contribution in [0, 0.1) is 0 Å². The van der Waals surface area contributed by atoms with Crippen molar-refractivity contribution in [2.45, 2.75) is 31.6 Å². The number of benzene rings is 1. The third kappa shape index (κ3) is 1.19. The summed E-state index contributed by atoms with van der Waals surface area (Å²) in [5.41, 5.74) is 9.19. The van der Waals surface area contributed by atoms with Gasteiger partial charge in [0.05, 0.1) is 0 Å². The van der Waals surface area contributed by atoms with Crippen LogP contribution < -0.4 is 5.73 Å². The van der Waals surface area contributed by atoms with Gasteiger partial charge in [0.25, 0.3) is 0 Å². The van der Waals surface area contributed by atoms with Crippen molar-refractivity contribution in [2.24, 2.45) is 5.73 Å². The van der Waals surface area contributed by atoms with Crippen molar-refractivity contribution in [3.8, 4) is 0 Å². The molecule has 1 heteroatoms. The van der Waals surface area contributed by atoms with Gasteiger partial charge in [0.2, 0.25) is 0 Å². The van der Waals surface area contributed by atoms with Crippen molar-refractivity contribution in [1.82, 2.24) is 0 Å². The molecular weight excluding hydrogens is 158 g/mol. The highest BCUT2D eigenvalue weighted by Crippen LogP contribution is 2.40. The topological polar surface area (TPSA) is 26.0 Å². The minimum absolute atomic E-state index is 0.288. The van der Waals surface area contributed by atoms with Gasteiger partial charge in [0.1, 0.15) is 0 Å². The summed E-state index contributed by atoms with van der Waals surface area (Å²) < 4.78 is 0. The molecule has 1 nitrogen and oxygen atoms in total. The van der Waals surface area contributed by atoms with Crippen molar-refractivity contribution in [1.29, 1.82) is 0 Å². The van der Waals surface area contributed by atoms with Crippen LogP contribution in [0.2, 0.25) is 0 Å². The van der Waals surface area contributed by atoms with Gasteiger partial charge in [-0.2, -0.15) is 0 Å². The van der Waals surface area contributed by atoms with E-state index in [1.807, 2.05) is 0 Å². The molecule has 2 N–H and O–H groups in total. The molecule has 0 heterocycles. The molecule has 70 valence electrons. The molecule has 0 aromatic heterocycles. The van der Waals surface area contributed by atoms with Gasteiger partial charge < -0.3 is 5.73 Å². The fourth-order valence-corrected chi connectivity index (χ4v) is 2.49. The maximum Gasteiger partial charge on any atom is 0.00788 e. The lowest BCUT2D eigenvalue weighted by Gasteiger charge is -2.27. The van der Waals surface area contributed by atoms with Crippen LogP contribution >= 0.6 is 0 Å². The lowest BCUT2D eigenvalue weighted by molar-refractivity contribution is 0.420. The van der Waals surface area contributed by atoms with E-state index in [9.17, 15) is 0 Å². The first-order chi connectivity index (χ1) is 6.32. The molecule has 0 saturated heterocycles. The Morgan fingerprint density at radius 2 is 2.15 bits per heavy atom. The van der Waals surface area contributed by atoms with Crippen molar-refractivity contribution in [2.75, 3.05) is 6.54 Å². The van der Waals surface area contributed by atoms with Gasteiger partial charge in [-0.05, 0) is 30.4 Å². The van der Waals surface area contributed by atoms with Gasteiger partial charge >= 0.3 is 0 Å². The number of rotatable bonds is 2. The lowest BCUT2D eigenvalue weighted by atomic mass is 9.79. The molecule has 0 fully saturated rings. The third-order valence-electron chi connectivity index (χ3n) is 3.53. The summed E-state index contributed by atoms with van der Waals surface area (Å²) in [6.07, 6.45) is 3.61. The van der Waals surface area contributed by atoms with Gasteiger partial charge in [-0.15, -0.1) is 0 Å². The molecule has 1 aromatic carbocycles. The van der Waals surface area contributed by atoms with E-state index in [1.165, 1.54) is 30.4 Å². The quantitative estimate of drug-likeness (QED) is 0.733. The second-order valence-corrected chi connectivity index (χ2v) is 4.00. The van der Waals surface area contributed by atoms with Crippen LogP contribution in [0.1, 0.15) is 30.9 Å². The number of hydrogen-bond acceptors (Lipinski definition) is 1. The van der Waals surface area contributed by atoms with E-state index in [0.717, 1.165) is 6.54 Å². The molecule has 1 aliphatic rings. The summed E-state index contributed by atoms with van der Waals surface area (Å²) in [6, 6.07) is 8.74. The minimum atomic E-state index is 0.288. The van der Waals surface area contributed by atoms with Gasteiger partial charge in [0, 0.05) is 12.0 Å². The second kappa shape index (κ2) is 3.15. The zero-order valence-electron chi connectivity index (χ0n) is 8.22. The van der Waals surface area contributed by atoms with Crippen LogP contribution in [-0.4, -0.2) is 6.54 Å². The summed E-state index contributed by atoms with van der Waals surface area (Å²) in [5, 5.41) is 0. The first kappa shape index (κ1) is 8.76. The summed E-state index contributed by atoms with van der Waals surface area (Å²) >= 11 is 0. The Morgan fingerprint density at radius 3 is 2.85 bits per heavy atom. The predicted octanol–water partition coefficient (Wildman–Crippen LogP) is 2.24. The Morgan fingerprint density at radius 1 is 1.38 bits per heavy atom. The van der Waals surface area contributed by atoms with E-state index >= 15 is 0 Å². The molecule has 2 rings (SSSR count). The molecule has 1 aromatic rings. The van der Waals surface area contributed by atoms with Crippen LogP contribution in [0.4, 0.5) is 0 Å². The van der Waals surface area contributed by atoms with Crippen LogP contribution in [-0.2, 0) is 11.8 Å². The van der Waals surface area contributed by atoms with Crippen molar-refractivity contribution in [3.63, 3.8) is 0 Å². The largest absolute Gasteiger partial charge is 0.330 e. The minimum Gasteiger partial charge on any atom is -0.330 e. The molecule has 0 amide bonds. The molecule has 13 heavy (non-hydrogen) atoms. The average Bonchev–Trinajstić information content (AvgIpc) is 2.58. The first-order valence-electron chi connectivity index (χ1n) is 5.11. The summed E-state index contributed by atoms with van der Waals surface area (Å²) in [7, 11) is 0. The Kier molecular flexibility index (Phi) is 2.12. The van der Waals surface area contributed by atoms with Crippen molar-refractivity contribution < 1.29 is 0 Å². The average molecular weight is 175 g/mol. The fourth-order valence-electron chi connectivity index (χ4n) is 2.49. The van der Waals surface area contributed by atoms with Gasteiger partial charge in [-0.3, -0.25) is 0 Å². The van der Waals surface area contributed by atoms with Crippen LogP contribution in [0.15, 0.2) is 24.3 Å². The van der Waals surface area contributed by atoms with Crippen molar-refractivity contribution >= 4 is 0 Å². The number of aryl methyl sites for hydroxylation is 1. The molecular formula is C12H17N. The molecule has 0 radical (unpaired) electrons. The molecule has 0 bridgehead atoms. The highest BCUT2D eigenvalue weighted by Gasteiger charge is 2.35. The molecule has 1 atom stereocenters. The normalized spacial score (nSPS) is 26.0. The van der Waals surface area contributed by atoms with E-state index in [1.54, 1.807) is 0 Å². The lowest BCUT2D eigenvalue weighted by Crippen LogP contribution is -2.31. The second-order valence-electron chi connectivity index (χ2n) is 4.00. The van der Waals surface area contributed by atoms with Gasteiger partial charge in [-0.1, -0.05) is 31.2 Å². The molecule has 0 aliphatic heterocycles. The van der Waals surface area contributed by atoms with E-state index < -0.39 is 0 Å². The van der Waals surface area contributed by atoms with Crippen molar-refractivity contribution in [3.05, 3.63) is 35.4 Å². The van der Waals surface area contributed by atoms with Gasteiger partial charge in [-0.25, -0.2) is 0 Å². The Hall–Kier alpha value is -0.820.